The van der Waals surface area contributed by atoms with Crippen LogP contribution in [0.5, 0.6) is 0 Å². The molecular formula is C23H25ClN4O2S. The highest BCUT2D eigenvalue weighted by Crippen LogP contribution is 2.25. The number of anilines is 1. The molecule has 0 spiro atoms. The zero-order valence-electron chi connectivity index (χ0n) is 17.8. The molecule has 3 heterocycles. The van der Waals surface area contributed by atoms with E-state index in [1.165, 1.54) is 17.4 Å². The third-order valence-electron chi connectivity index (χ3n) is 5.55. The van der Waals surface area contributed by atoms with Crippen LogP contribution in [0, 0.1) is 18.8 Å². The van der Waals surface area contributed by atoms with Gasteiger partial charge in [-0.1, -0.05) is 31.5 Å². The molecule has 6 nitrogen and oxygen atoms in total. The van der Waals surface area contributed by atoms with Crippen molar-refractivity contribution < 1.29 is 9.59 Å². The maximum absolute atomic E-state index is 13.0. The zero-order valence-corrected chi connectivity index (χ0v) is 19.3. The standard InChI is InChI=1S/C23H25ClN4O2S/c1-14-10-15(2)13-27(12-14)22(30)17-5-4-16(3)18(11-17)25-20(29)7-6-19-21(24)26-23-28(19)8-9-31-23/h4-9,11,14-15H,10,12-13H2,1-3H3,(H,25,29)/b7-6+. The second-order valence-electron chi connectivity index (χ2n) is 8.35. The number of aryl methyl sites for hydroxylation is 1. The van der Waals surface area contributed by atoms with E-state index >= 15 is 0 Å². The van der Waals surface area contributed by atoms with Gasteiger partial charge in [-0.15, -0.1) is 11.3 Å². The van der Waals surface area contributed by atoms with Crippen molar-refractivity contribution in [3.8, 4) is 0 Å². The predicted molar refractivity (Wildman–Crippen MR) is 126 cm³/mol. The summed E-state index contributed by atoms with van der Waals surface area (Å²) in [6.07, 6.45) is 6.07. The number of carbonyl (C=O) groups excluding carboxylic acids is 2. The SMILES string of the molecule is Cc1ccc(C(=O)N2CC(C)CC(C)C2)cc1NC(=O)/C=C/c1c(Cl)nc2sccn12. The lowest BCUT2D eigenvalue weighted by atomic mass is 9.91. The zero-order chi connectivity index (χ0) is 22.1. The molecule has 8 heteroatoms. The monoisotopic (exact) mass is 456 g/mol. The number of amides is 2. The molecule has 2 amide bonds. The lowest BCUT2D eigenvalue weighted by molar-refractivity contribution is -0.111. The third kappa shape index (κ3) is 4.67. The first-order chi connectivity index (χ1) is 14.8. The number of carbonyl (C=O) groups is 2. The maximum atomic E-state index is 13.0. The average molecular weight is 457 g/mol. The highest BCUT2D eigenvalue weighted by atomic mass is 35.5. The number of piperidine rings is 1. The minimum Gasteiger partial charge on any atom is -0.338 e. The van der Waals surface area contributed by atoms with Crippen LogP contribution in [0.15, 0.2) is 35.9 Å². The summed E-state index contributed by atoms with van der Waals surface area (Å²) in [5.74, 6) is 0.699. The second-order valence-corrected chi connectivity index (χ2v) is 9.58. The number of imidazole rings is 1. The van der Waals surface area contributed by atoms with Gasteiger partial charge in [0.15, 0.2) is 10.1 Å². The molecule has 1 saturated heterocycles. The van der Waals surface area contributed by atoms with Crippen LogP contribution in [0.1, 0.15) is 41.9 Å². The molecule has 3 aromatic rings. The number of hydrogen-bond donors (Lipinski definition) is 1. The lowest BCUT2D eigenvalue weighted by Crippen LogP contribution is -2.42. The van der Waals surface area contributed by atoms with Crippen molar-refractivity contribution in [3.05, 3.63) is 57.8 Å². The van der Waals surface area contributed by atoms with Crippen molar-refractivity contribution >= 4 is 51.5 Å². The fraction of sp³-hybridized carbons (Fsp3) is 0.348. The van der Waals surface area contributed by atoms with Crippen molar-refractivity contribution in [2.75, 3.05) is 18.4 Å². The summed E-state index contributed by atoms with van der Waals surface area (Å²) in [4.78, 5) is 32.5. The number of rotatable bonds is 4. The van der Waals surface area contributed by atoms with Gasteiger partial charge in [0.05, 0.1) is 5.69 Å². The summed E-state index contributed by atoms with van der Waals surface area (Å²) in [6.45, 7) is 7.80. The number of benzene rings is 1. The predicted octanol–water partition coefficient (Wildman–Crippen LogP) is 5.13. The molecule has 0 saturated carbocycles. The molecule has 2 unspecified atom stereocenters. The van der Waals surface area contributed by atoms with Gasteiger partial charge in [-0.2, -0.15) is 0 Å². The maximum Gasteiger partial charge on any atom is 0.253 e. The van der Waals surface area contributed by atoms with Gasteiger partial charge in [0, 0.05) is 42.0 Å². The van der Waals surface area contributed by atoms with Crippen LogP contribution in [0.3, 0.4) is 0 Å². The first-order valence-electron chi connectivity index (χ1n) is 10.3. The van der Waals surface area contributed by atoms with Gasteiger partial charge in [0.2, 0.25) is 5.91 Å². The van der Waals surface area contributed by atoms with Crippen LogP contribution in [0.4, 0.5) is 5.69 Å². The van der Waals surface area contributed by atoms with E-state index < -0.39 is 0 Å². The van der Waals surface area contributed by atoms with Crippen molar-refractivity contribution in [1.29, 1.82) is 0 Å². The van der Waals surface area contributed by atoms with Crippen LogP contribution in [0.2, 0.25) is 5.15 Å². The van der Waals surface area contributed by atoms with Gasteiger partial charge < -0.3 is 10.2 Å². The van der Waals surface area contributed by atoms with Crippen LogP contribution in [-0.4, -0.2) is 39.2 Å². The molecule has 0 aliphatic carbocycles. The van der Waals surface area contributed by atoms with E-state index in [9.17, 15) is 9.59 Å². The Morgan fingerprint density at radius 2 is 2.00 bits per heavy atom. The molecule has 1 aliphatic heterocycles. The van der Waals surface area contributed by atoms with Gasteiger partial charge in [0.25, 0.3) is 5.91 Å². The van der Waals surface area contributed by atoms with Crippen molar-refractivity contribution in [3.63, 3.8) is 0 Å². The smallest absolute Gasteiger partial charge is 0.253 e. The van der Waals surface area contributed by atoms with Gasteiger partial charge in [-0.3, -0.25) is 14.0 Å². The molecule has 1 aromatic carbocycles. The summed E-state index contributed by atoms with van der Waals surface area (Å²) in [6, 6.07) is 5.45. The molecule has 31 heavy (non-hydrogen) atoms. The number of aromatic nitrogens is 2. The van der Waals surface area contributed by atoms with Crippen molar-refractivity contribution in [2.45, 2.75) is 27.2 Å². The minimum absolute atomic E-state index is 0.00957. The topological polar surface area (TPSA) is 66.7 Å². The Morgan fingerprint density at radius 1 is 1.26 bits per heavy atom. The van der Waals surface area contributed by atoms with Crippen LogP contribution < -0.4 is 5.32 Å². The molecule has 0 radical (unpaired) electrons. The fourth-order valence-electron chi connectivity index (χ4n) is 4.16. The van der Waals surface area contributed by atoms with Gasteiger partial charge in [-0.05, 0) is 49.0 Å². The number of fused-ring (bicyclic) bond motifs is 1. The van der Waals surface area contributed by atoms with Crippen molar-refractivity contribution in [2.24, 2.45) is 11.8 Å². The second kappa shape index (κ2) is 8.85. The lowest BCUT2D eigenvalue weighted by Gasteiger charge is -2.35. The van der Waals surface area contributed by atoms with E-state index in [1.807, 2.05) is 39.9 Å². The Morgan fingerprint density at radius 3 is 2.74 bits per heavy atom. The average Bonchev–Trinajstić information content (AvgIpc) is 3.27. The summed E-state index contributed by atoms with van der Waals surface area (Å²) in [5, 5.41) is 5.14. The number of nitrogens with zero attached hydrogens (tertiary/aromatic N) is 3. The number of likely N-dealkylation sites (tertiary alicyclic amines) is 1. The molecule has 162 valence electrons. The van der Waals surface area contributed by atoms with Gasteiger partial charge in [0.1, 0.15) is 0 Å². The molecule has 4 rings (SSSR count). The molecule has 1 aliphatic rings. The molecule has 1 N–H and O–H groups in total. The Hall–Kier alpha value is -2.64. The number of nitrogens with one attached hydrogen (secondary N) is 1. The molecule has 1 fully saturated rings. The van der Waals surface area contributed by atoms with E-state index in [0.29, 0.717) is 33.9 Å². The Labute approximate surface area is 190 Å². The molecule has 2 aromatic heterocycles. The highest BCUT2D eigenvalue weighted by Gasteiger charge is 2.26. The Balaban J connectivity index is 1.49. The number of hydrogen-bond acceptors (Lipinski definition) is 4. The summed E-state index contributed by atoms with van der Waals surface area (Å²) in [5.41, 5.74) is 2.76. The van der Waals surface area contributed by atoms with E-state index in [0.717, 1.165) is 30.0 Å². The first kappa shape index (κ1) is 21.6. The summed E-state index contributed by atoms with van der Waals surface area (Å²) >= 11 is 7.65. The molecule has 0 bridgehead atoms. The fourth-order valence-corrected chi connectivity index (χ4v) is 5.16. The minimum atomic E-state index is -0.297. The Bertz CT molecular complexity index is 1160. The van der Waals surface area contributed by atoms with Gasteiger partial charge in [-0.25, -0.2) is 4.98 Å². The largest absolute Gasteiger partial charge is 0.338 e. The third-order valence-corrected chi connectivity index (χ3v) is 6.58. The van der Waals surface area contributed by atoms with Crippen LogP contribution in [-0.2, 0) is 4.79 Å². The van der Waals surface area contributed by atoms with E-state index in [2.05, 4.69) is 24.1 Å². The number of thiazole rings is 1. The first-order valence-corrected chi connectivity index (χ1v) is 11.6. The number of halogens is 1. The van der Waals surface area contributed by atoms with E-state index in [1.54, 1.807) is 12.1 Å². The van der Waals surface area contributed by atoms with Crippen LogP contribution >= 0.6 is 22.9 Å². The van der Waals surface area contributed by atoms with Crippen LogP contribution in [0.25, 0.3) is 11.0 Å². The quantitative estimate of drug-likeness (QED) is 0.553. The normalized spacial score (nSPS) is 19.3. The summed E-state index contributed by atoms with van der Waals surface area (Å²) in [7, 11) is 0. The molecule has 2 atom stereocenters. The summed E-state index contributed by atoms with van der Waals surface area (Å²) < 4.78 is 1.84. The Kier molecular flexibility index (Phi) is 6.16. The highest BCUT2D eigenvalue weighted by molar-refractivity contribution is 7.15. The van der Waals surface area contributed by atoms with E-state index in [4.69, 9.17) is 11.6 Å². The van der Waals surface area contributed by atoms with E-state index in [-0.39, 0.29) is 11.8 Å². The molecular weight excluding hydrogens is 432 g/mol. The van der Waals surface area contributed by atoms with Crippen molar-refractivity contribution in [1.82, 2.24) is 14.3 Å². The van der Waals surface area contributed by atoms with Gasteiger partial charge >= 0.3 is 0 Å².